The number of amides is 1. The number of hydrogen-bond donors (Lipinski definition) is 1. The number of aldehydes is 1. The molecule has 1 atom stereocenters. The van der Waals surface area contributed by atoms with Crippen molar-refractivity contribution in [2.45, 2.75) is 51.4 Å². The second-order valence-corrected chi connectivity index (χ2v) is 8.17. The second-order valence-electron chi connectivity index (χ2n) is 8.17. The lowest BCUT2D eigenvalue weighted by Gasteiger charge is -2.31. The topological polar surface area (TPSA) is 90.9 Å². The first-order valence-corrected chi connectivity index (χ1v) is 9.96. The maximum atomic E-state index is 12.6. The van der Waals surface area contributed by atoms with Crippen molar-refractivity contribution in [1.82, 2.24) is 5.32 Å². The summed E-state index contributed by atoms with van der Waals surface area (Å²) in [5.74, 6) is -0.0679. The van der Waals surface area contributed by atoms with Gasteiger partial charge in [-0.15, -0.1) is 0 Å². The average Bonchev–Trinajstić information content (AvgIpc) is 2.72. The van der Waals surface area contributed by atoms with Crippen molar-refractivity contribution in [2.24, 2.45) is 0 Å². The normalized spacial score (nSPS) is 12.9. The van der Waals surface area contributed by atoms with E-state index in [2.05, 4.69) is 5.32 Å². The molecule has 0 saturated heterocycles. The van der Waals surface area contributed by atoms with Crippen LogP contribution in [0.3, 0.4) is 0 Å². The molecule has 1 N–H and O–H groups in total. The van der Waals surface area contributed by atoms with Gasteiger partial charge in [-0.25, -0.2) is 9.59 Å². The minimum Gasteiger partial charge on any atom is -0.489 e. The van der Waals surface area contributed by atoms with E-state index in [9.17, 15) is 14.4 Å². The van der Waals surface area contributed by atoms with Crippen molar-refractivity contribution in [3.63, 3.8) is 0 Å². The summed E-state index contributed by atoms with van der Waals surface area (Å²) >= 11 is 0. The van der Waals surface area contributed by atoms with Gasteiger partial charge in [-0.1, -0.05) is 42.5 Å². The van der Waals surface area contributed by atoms with Crippen LogP contribution in [0, 0.1) is 0 Å². The minimum atomic E-state index is -1.58. The highest BCUT2D eigenvalue weighted by Crippen LogP contribution is 2.23. The highest BCUT2D eigenvalue weighted by atomic mass is 16.6. The number of carbonyl (C=O) groups is 3. The molecule has 2 aromatic rings. The first-order chi connectivity index (χ1) is 14.7. The zero-order valence-corrected chi connectivity index (χ0v) is 18.3. The Labute approximate surface area is 182 Å². The summed E-state index contributed by atoms with van der Waals surface area (Å²) in [5.41, 5.74) is -0.574. The maximum absolute atomic E-state index is 12.6. The van der Waals surface area contributed by atoms with E-state index in [-0.39, 0.29) is 12.8 Å². The summed E-state index contributed by atoms with van der Waals surface area (Å²) in [5, 5.41) is 2.55. The third-order valence-corrected chi connectivity index (χ3v) is 4.43. The van der Waals surface area contributed by atoms with Gasteiger partial charge >= 0.3 is 12.1 Å². The number of hydrogen-bond acceptors (Lipinski definition) is 6. The molecule has 0 radical (unpaired) electrons. The Bertz CT molecular complexity index is 873. The van der Waals surface area contributed by atoms with Crippen LogP contribution in [0.5, 0.6) is 5.75 Å². The molecule has 0 aliphatic rings. The lowest BCUT2D eigenvalue weighted by molar-refractivity contribution is -0.149. The van der Waals surface area contributed by atoms with Crippen molar-refractivity contribution >= 4 is 18.3 Å². The molecule has 2 aromatic carbocycles. The zero-order chi connectivity index (χ0) is 22.9. The van der Waals surface area contributed by atoms with Gasteiger partial charge in [0, 0.05) is 12.8 Å². The number of ether oxygens (including phenoxy) is 3. The molecule has 0 fully saturated rings. The van der Waals surface area contributed by atoms with E-state index in [1.165, 1.54) is 7.11 Å². The first-order valence-electron chi connectivity index (χ1n) is 9.96. The molecule has 7 nitrogen and oxygen atoms in total. The Morgan fingerprint density at radius 2 is 1.61 bits per heavy atom. The number of alkyl carbamates (subject to hydrolysis) is 1. The van der Waals surface area contributed by atoms with Gasteiger partial charge in [-0.05, 0) is 44.0 Å². The van der Waals surface area contributed by atoms with Gasteiger partial charge in [-0.2, -0.15) is 0 Å². The highest BCUT2D eigenvalue weighted by molar-refractivity contribution is 5.88. The molecule has 0 saturated carbocycles. The van der Waals surface area contributed by atoms with E-state index in [0.29, 0.717) is 18.6 Å². The standard InChI is InChI=1S/C24H29NO6/c1-23(2,3)31-22(28)25-24(14-15-26,21(27)29-4)16-18-10-12-20(13-11-18)30-17-19-8-6-5-7-9-19/h5-13,15H,14,16-17H2,1-4H3,(H,25,28). The summed E-state index contributed by atoms with van der Waals surface area (Å²) in [6.45, 7) is 5.55. The third kappa shape index (κ3) is 7.44. The van der Waals surface area contributed by atoms with Crippen LogP contribution in [-0.4, -0.2) is 36.6 Å². The SMILES string of the molecule is COC(=O)C(CC=O)(Cc1ccc(OCc2ccccc2)cc1)NC(=O)OC(C)(C)C. The van der Waals surface area contributed by atoms with Crippen LogP contribution < -0.4 is 10.1 Å². The van der Waals surface area contributed by atoms with Crippen LogP contribution in [-0.2, 0) is 32.1 Å². The molecular formula is C24H29NO6. The quantitative estimate of drug-likeness (QED) is 0.483. The van der Waals surface area contributed by atoms with Crippen LogP contribution >= 0.6 is 0 Å². The minimum absolute atomic E-state index is 0.0522. The molecule has 7 heteroatoms. The van der Waals surface area contributed by atoms with Crippen molar-refractivity contribution in [3.05, 3.63) is 65.7 Å². The predicted molar refractivity (Wildman–Crippen MR) is 116 cm³/mol. The molecule has 1 unspecified atom stereocenters. The average molecular weight is 427 g/mol. The van der Waals surface area contributed by atoms with Crippen molar-refractivity contribution < 1.29 is 28.6 Å². The molecule has 2 rings (SSSR count). The molecular weight excluding hydrogens is 398 g/mol. The molecule has 0 aromatic heterocycles. The highest BCUT2D eigenvalue weighted by Gasteiger charge is 2.42. The molecule has 0 aliphatic heterocycles. The maximum Gasteiger partial charge on any atom is 0.408 e. The number of nitrogens with one attached hydrogen (secondary N) is 1. The Morgan fingerprint density at radius 3 is 2.16 bits per heavy atom. The summed E-state index contributed by atoms with van der Waals surface area (Å²) < 4.78 is 15.9. The van der Waals surface area contributed by atoms with Gasteiger partial charge < -0.3 is 24.3 Å². The van der Waals surface area contributed by atoms with Crippen molar-refractivity contribution in [1.29, 1.82) is 0 Å². The third-order valence-electron chi connectivity index (χ3n) is 4.43. The molecule has 166 valence electrons. The van der Waals surface area contributed by atoms with Crippen LogP contribution in [0.25, 0.3) is 0 Å². The van der Waals surface area contributed by atoms with Gasteiger partial charge in [-0.3, -0.25) is 0 Å². The van der Waals surface area contributed by atoms with Crippen LogP contribution in [0.2, 0.25) is 0 Å². The molecule has 1 amide bonds. The number of methoxy groups -OCH3 is 1. The summed E-state index contributed by atoms with van der Waals surface area (Å²) in [6.07, 6.45) is -0.435. The van der Waals surface area contributed by atoms with E-state index in [1.807, 2.05) is 30.3 Å². The molecule has 0 heterocycles. The number of carbonyl (C=O) groups excluding carboxylic acids is 3. The molecule has 31 heavy (non-hydrogen) atoms. The van der Waals surface area contributed by atoms with Crippen LogP contribution in [0.4, 0.5) is 4.79 Å². The largest absolute Gasteiger partial charge is 0.489 e. The Morgan fingerprint density at radius 1 is 0.968 bits per heavy atom. The Kier molecular flexibility index (Phi) is 8.19. The van der Waals surface area contributed by atoms with Gasteiger partial charge in [0.15, 0.2) is 5.54 Å². The zero-order valence-electron chi connectivity index (χ0n) is 18.3. The molecule has 0 aliphatic carbocycles. The van der Waals surface area contributed by atoms with E-state index in [4.69, 9.17) is 14.2 Å². The fraction of sp³-hybridized carbons (Fsp3) is 0.375. The summed E-state index contributed by atoms with van der Waals surface area (Å²) in [4.78, 5) is 36.3. The molecule has 0 spiro atoms. The summed E-state index contributed by atoms with van der Waals surface area (Å²) in [6, 6.07) is 16.9. The van der Waals surface area contributed by atoms with Gasteiger partial charge in [0.1, 0.15) is 24.2 Å². The fourth-order valence-electron chi connectivity index (χ4n) is 3.00. The van der Waals surface area contributed by atoms with Gasteiger partial charge in [0.05, 0.1) is 7.11 Å². The number of esters is 1. The van der Waals surface area contributed by atoms with Gasteiger partial charge in [0.25, 0.3) is 0 Å². The number of benzene rings is 2. The van der Waals surface area contributed by atoms with Crippen LogP contribution in [0.1, 0.15) is 38.3 Å². The lowest BCUT2D eigenvalue weighted by Crippen LogP contribution is -2.57. The smallest absolute Gasteiger partial charge is 0.408 e. The van der Waals surface area contributed by atoms with Gasteiger partial charge in [0.2, 0.25) is 0 Å². The van der Waals surface area contributed by atoms with E-state index < -0.39 is 23.2 Å². The second kappa shape index (κ2) is 10.6. The number of rotatable bonds is 9. The monoisotopic (exact) mass is 427 g/mol. The molecule has 0 bridgehead atoms. The fourth-order valence-corrected chi connectivity index (χ4v) is 3.00. The van der Waals surface area contributed by atoms with Crippen LogP contribution in [0.15, 0.2) is 54.6 Å². The first kappa shape index (κ1) is 23.9. The lowest BCUT2D eigenvalue weighted by atomic mass is 9.88. The van der Waals surface area contributed by atoms with Crippen molar-refractivity contribution in [2.75, 3.05) is 7.11 Å². The summed E-state index contributed by atoms with van der Waals surface area (Å²) in [7, 11) is 1.21. The predicted octanol–water partition coefficient (Wildman–Crippen LogP) is 3.83. The van der Waals surface area contributed by atoms with E-state index >= 15 is 0 Å². The van der Waals surface area contributed by atoms with E-state index in [1.54, 1.807) is 45.0 Å². The Hall–Kier alpha value is -3.35. The Balaban J connectivity index is 2.16. The van der Waals surface area contributed by atoms with E-state index in [0.717, 1.165) is 11.1 Å². The van der Waals surface area contributed by atoms with Crippen molar-refractivity contribution in [3.8, 4) is 5.75 Å².